The SMILES string of the molecule is CCNCc1ccccc1Cc1nc(C(C)(C)C)cs1. The van der Waals surface area contributed by atoms with Gasteiger partial charge in [-0.25, -0.2) is 4.98 Å². The summed E-state index contributed by atoms with van der Waals surface area (Å²) in [6.45, 7) is 10.7. The number of benzene rings is 1. The fourth-order valence-corrected chi connectivity index (χ4v) is 3.11. The first-order valence-corrected chi connectivity index (χ1v) is 8.11. The van der Waals surface area contributed by atoms with Crippen molar-refractivity contribution < 1.29 is 0 Å². The maximum Gasteiger partial charge on any atom is 0.0972 e. The number of thiazole rings is 1. The minimum absolute atomic E-state index is 0.137. The van der Waals surface area contributed by atoms with Crippen molar-refractivity contribution in [3.05, 3.63) is 51.5 Å². The van der Waals surface area contributed by atoms with Crippen LogP contribution >= 0.6 is 11.3 Å². The minimum atomic E-state index is 0.137. The van der Waals surface area contributed by atoms with Crippen LogP contribution in [0.1, 0.15) is 49.5 Å². The van der Waals surface area contributed by atoms with Gasteiger partial charge in [-0.3, -0.25) is 0 Å². The molecule has 2 nitrogen and oxygen atoms in total. The van der Waals surface area contributed by atoms with Crippen molar-refractivity contribution in [2.75, 3.05) is 6.54 Å². The molecule has 1 aromatic heterocycles. The largest absolute Gasteiger partial charge is 0.313 e. The molecular formula is C17H24N2S. The zero-order valence-corrected chi connectivity index (χ0v) is 13.7. The van der Waals surface area contributed by atoms with Gasteiger partial charge in [0.2, 0.25) is 0 Å². The van der Waals surface area contributed by atoms with E-state index in [1.54, 1.807) is 11.3 Å². The normalized spacial score (nSPS) is 11.8. The van der Waals surface area contributed by atoms with Crippen LogP contribution in [-0.4, -0.2) is 11.5 Å². The van der Waals surface area contributed by atoms with E-state index in [0.29, 0.717) is 0 Å². The van der Waals surface area contributed by atoms with Gasteiger partial charge in [0.25, 0.3) is 0 Å². The van der Waals surface area contributed by atoms with Crippen LogP contribution in [0.3, 0.4) is 0 Å². The molecule has 0 unspecified atom stereocenters. The molecule has 3 heteroatoms. The van der Waals surface area contributed by atoms with E-state index in [-0.39, 0.29) is 5.41 Å². The molecule has 20 heavy (non-hydrogen) atoms. The first-order valence-electron chi connectivity index (χ1n) is 7.23. The van der Waals surface area contributed by atoms with Crippen molar-refractivity contribution >= 4 is 11.3 Å². The quantitative estimate of drug-likeness (QED) is 0.894. The van der Waals surface area contributed by atoms with Crippen LogP contribution < -0.4 is 5.32 Å². The topological polar surface area (TPSA) is 24.9 Å². The van der Waals surface area contributed by atoms with Crippen LogP contribution in [0, 0.1) is 0 Å². The second kappa shape index (κ2) is 6.51. The van der Waals surface area contributed by atoms with Crippen LogP contribution in [-0.2, 0) is 18.4 Å². The Kier molecular flexibility index (Phi) is 4.95. The minimum Gasteiger partial charge on any atom is -0.313 e. The Hall–Kier alpha value is -1.19. The highest BCUT2D eigenvalue weighted by Crippen LogP contribution is 2.25. The predicted octanol–water partition coefficient (Wildman–Crippen LogP) is 4.14. The van der Waals surface area contributed by atoms with E-state index in [1.165, 1.54) is 21.8 Å². The molecule has 0 fully saturated rings. The molecule has 0 aliphatic rings. The molecule has 0 spiro atoms. The third kappa shape index (κ3) is 3.90. The fourth-order valence-electron chi connectivity index (χ4n) is 2.06. The average Bonchev–Trinajstić information content (AvgIpc) is 2.86. The number of nitrogens with zero attached hydrogens (tertiary/aromatic N) is 1. The van der Waals surface area contributed by atoms with Gasteiger partial charge in [0.05, 0.1) is 10.7 Å². The van der Waals surface area contributed by atoms with Gasteiger partial charge in [0.15, 0.2) is 0 Å². The van der Waals surface area contributed by atoms with Gasteiger partial charge >= 0.3 is 0 Å². The monoisotopic (exact) mass is 288 g/mol. The number of aromatic nitrogens is 1. The van der Waals surface area contributed by atoms with Gasteiger partial charge < -0.3 is 5.32 Å². The van der Waals surface area contributed by atoms with E-state index >= 15 is 0 Å². The number of hydrogen-bond donors (Lipinski definition) is 1. The van der Waals surface area contributed by atoms with Crippen molar-refractivity contribution in [2.45, 2.75) is 46.1 Å². The Labute approximate surface area is 126 Å². The molecule has 108 valence electrons. The maximum atomic E-state index is 4.80. The highest BCUT2D eigenvalue weighted by molar-refractivity contribution is 7.09. The van der Waals surface area contributed by atoms with Gasteiger partial charge in [-0.15, -0.1) is 11.3 Å². The Morgan fingerprint density at radius 2 is 1.85 bits per heavy atom. The molecule has 0 aliphatic heterocycles. The van der Waals surface area contributed by atoms with Gasteiger partial charge in [0.1, 0.15) is 0 Å². The first kappa shape index (κ1) is 15.2. The smallest absolute Gasteiger partial charge is 0.0972 e. The van der Waals surface area contributed by atoms with Gasteiger partial charge in [-0.05, 0) is 17.7 Å². The summed E-state index contributed by atoms with van der Waals surface area (Å²) >= 11 is 1.77. The average molecular weight is 288 g/mol. The molecule has 1 N–H and O–H groups in total. The van der Waals surface area contributed by atoms with E-state index in [2.05, 4.69) is 62.7 Å². The van der Waals surface area contributed by atoms with E-state index in [9.17, 15) is 0 Å². The van der Waals surface area contributed by atoms with Crippen LogP contribution in [0.25, 0.3) is 0 Å². The number of nitrogens with one attached hydrogen (secondary N) is 1. The van der Waals surface area contributed by atoms with Crippen LogP contribution in [0.2, 0.25) is 0 Å². The Morgan fingerprint density at radius 1 is 1.15 bits per heavy atom. The Balaban J connectivity index is 2.15. The molecule has 1 heterocycles. The third-order valence-electron chi connectivity index (χ3n) is 3.35. The van der Waals surface area contributed by atoms with E-state index in [1.807, 2.05) is 0 Å². The number of rotatable bonds is 5. The third-order valence-corrected chi connectivity index (χ3v) is 4.19. The second-order valence-electron chi connectivity index (χ2n) is 6.10. The maximum absolute atomic E-state index is 4.80. The molecule has 0 aliphatic carbocycles. The van der Waals surface area contributed by atoms with Crippen molar-refractivity contribution in [3.63, 3.8) is 0 Å². The van der Waals surface area contributed by atoms with E-state index in [4.69, 9.17) is 4.98 Å². The van der Waals surface area contributed by atoms with Crippen molar-refractivity contribution in [3.8, 4) is 0 Å². The molecule has 0 saturated heterocycles. The van der Waals surface area contributed by atoms with E-state index < -0.39 is 0 Å². The summed E-state index contributed by atoms with van der Waals surface area (Å²) in [6.07, 6.45) is 0.933. The zero-order valence-electron chi connectivity index (χ0n) is 12.9. The van der Waals surface area contributed by atoms with Crippen LogP contribution in [0.5, 0.6) is 0 Å². The lowest BCUT2D eigenvalue weighted by Gasteiger charge is -2.14. The standard InChI is InChI=1S/C17H24N2S/c1-5-18-11-14-9-7-6-8-13(14)10-16-19-15(12-20-16)17(2,3)4/h6-9,12,18H,5,10-11H2,1-4H3. The van der Waals surface area contributed by atoms with Crippen molar-refractivity contribution in [1.29, 1.82) is 0 Å². The number of hydrogen-bond acceptors (Lipinski definition) is 3. The van der Waals surface area contributed by atoms with Gasteiger partial charge in [-0.2, -0.15) is 0 Å². The summed E-state index contributed by atoms with van der Waals surface area (Å²) in [4.78, 5) is 4.80. The fraction of sp³-hybridized carbons (Fsp3) is 0.471. The lowest BCUT2D eigenvalue weighted by Crippen LogP contribution is -2.13. The molecule has 0 amide bonds. The van der Waals surface area contributed by atoms with Crippen molar-refractivity contribution in [1.82, 2.24) is 10.3 Å². The molecule has 2 aromatic rings. The van der Waals surface area contributed by atoms with Gasteiger partial charge in [0, 0.05) is 23.8 Å². The summed E-state index contributed by atoms with van der Waals surface area (Å²) in [6, 6.07) is 8.64. The Morgan fingerprint density at radius 3 is 2.45 bits per heavy atom. The highest BCUT2D eigenvalue weighted by Gasteiger charge is 2.17. The summed E-state index contributed by atoms with van der Waals surface area (Å²) in [5.74, 6) is 0. The molecule has 0 radical (unpaired) electrons. The predicted molar refractivity (Wildman–Crippen MR) is 87.4 cm³/mol. The van der Waals surface area contributed by atoms with Crippen LogP contribution in [0.15, 0.2) is 29.6 Å². The molecule has 0 atom stereocenters. The van der Waals surface area contributed by atoms with Crippen molar-refractivity contribution in [2.24, 2.45) is 0 Å². The van der Waals surface area contributed by atoms with Gasteiger partial charge in [-0.1, -0.05) is 52.0 Å². The summed E-state index contributed by atoms with van der Waals surface area (Å²) in [5, 5.41) is 6.81. The molecule has 2 rings (SSSR count). The second-order valence-corrected chi connectivity index (χ2v) is 7.04. The lowest BCUT2D eigenvalue weighted by atomic mass is 9.93. The lowest BCUT2D eigenvalue weighted by molar-refractivity contribution is 0.571. The molecule has 1 aromatic carbocycles. The summed E-state index contributed by atoms with van der Waals surface area (Å²) in [7, 11) is 0. The van der Waals surface area contributed by atoms with E-state index in [0.717, 1.165) is 19.5 Å². The summed E-state index contributed by atoms with van der Waals surface area (Å²) in [5.41, 5.74) is 4.09. The van der Waals surface area contributed by atoms with Crippen LogP contribution in [0.4, 0.5) is 0 Å². The molecular weight excluding hydrogens is 264 g/mol. The zero-order chi connectivity index (χ0) is 14.6. The molecule has 0 saturated carbocycles. The highest BCUT2D eigenvalue weighted by atomic mass is 32.1. The Bertz CT molecular complexity index is 552. The first-order chi connectivity index (χ1) is 9.50. The molecule has 0 bridgehead atoms. The summed E-state index contributed by atoms with van der Waals surface area (Å²) < 4.78 is 0.